The molecule has 0 atom stereocenters. The Morgan fingerprint density at radius 1 is 1.15 bits per heavy atom. The van der Waals surface area contributed by atoms with E-state index < -0.39 is 11.1 Å². The highest BCUT2D eigenvalue weighted by atomic mass is 16.6. The van der Waals surface area contributed by atoms with Crippen molar-refractivity contribution in [3.63, 3.8) is 0 Å². The van der Waals surface area contributed by atoms with Crippen molar-refractivity contribution in [2.45, 2.75) is 72.1 Å². The highest BCUT2D eigenvalue weighted by Crippen LogP contribution is 2.31. The molecule has 0 bridgehead atoms. The van der Waals surface area contributed by atoms with Gasteiger partial charge >= 0.3 is 6.09 Å². The molecule has 0 aliphatic rings. The lowest BCUT2D eigenvalue weighted by molar-refractivity contribution is 0.0380. The molecule has 0 saturated heterocycles. The third kappa shape index (κ3) is 3.56. The molecule has 1 heterocycles. The normalized spacial score (nSPS) is 13.2. The predicted molar refractivity (Wildman–Crippen MR) is 81.9 cm³/mol. The van der Waals surface area contributed by atoms with Crippen LogP contribution in [0.1, 0.15) is 54.2 Å². The second kappa shape index (κ2) is 5.15. The first-order valence-corrected chi connectivity index (χ1v) is 7.02. The van der Waals surface area contributed by atoms with Crippen LogP contribution in [0.3, 0.4) is 0 Å². The summed E-state index contributed by atoms with van der Waals surface area (Å²) in [5, 5.41) is 2.99. The molecule has 20 heavy (non-hydrogen) atoms. The van der Waals surface area contributed by atoms with Gasteiger partial charge in [0, 0.05) is 11.9 Å². The van der Waals surface area contributed by atoms with Crippen LogP contribution < -0.4 is 5.32 Å². The Labute approximate surface area is 122 Å². The van der Waals surface area contributed by atoms with E-state index in [4.69, 9.17) is 4.74 Å². The zero-order valence-corrected chi connectivity index (χ0v) is 14.0. The van der Waals surface area contributed by atoms with Crippen molar-refractivity contribution in [3.05, 3.63) is 24.0 Å². The molecule has 0 spiro atoms. The van der Waals surface area contributed by atoms with E-state index in [-0.39, 0.29) is 11.6 Å². The van der Waals surface area contributed by atoms with Gasteiger partial charge in [0.15, 0.2) is 0 Å². The van der Waals surface area contributed by atoms with Crippen molar-refractivity contribution >= 4 is 6.09 Å². The van der Waals surface area contributed by atoms with E-state index in [1.807, 2.05) is 46.9 Å². The van der Waals surface area contributed by atoms with Crippen LogP contribution in [0, 0.1) is 6.92 Å². The molecular weight excluding hydrogens is 252 g/mol. The summed E-state index contributed by atoms with van der Waals surface area (Å²) in [5.74, 6) is 0. The number of nitrogens with zero attached hydrogens (tertiary/aromatic N) is 1. The summed E-state index contributed by atoms with van der Waals surface area (Å²) in [4.78, 5) is 12.0. The van der Waals surface area contributed by atoms with Crippen LogP contribution in [0.5, 0.6) is 0 Å². The number of aryl methyl sites for hydroxylation is 1. The minimum absolute atomic E-state index is 0.280. The van der Waals surface area contributed by atoms with Crippen molar-refractivity contribution in [2.75, 3.05) is 0 Å². The van der Waals surface area contributed by atoms with Gasteiger partial charge in [-0.2, -0.15) is 0 Å². The molecular formula is C16H28N2O2. The maximum Gasteiger partial charge on any atom is 0.408 e. The number of hydrogen-bond acceptors (Lipinski definition) is 2. The van der Waals surface area contributed by atoms with Crippen molar-refractivity contribution in [2.24, 2.45) is 0 Å². The third-order valence-electron chi connectivity index (χ3n) is 3.90. The van der Waals surface area contributed by atoms with Gasteiger partial charge < -0.3 is 14.6 Å². The molecule has 1 aromatic heterocycles. The summed E-state index contributed by atoms with van der Waals surface area (Å²) in [6.45, 7) is 15.9. The SMILES string of the molecule is Cc1cccn1C(C)(C)C(C)(C)NC(=O)OC(C)(C)C. The van der Waals surface area contributed by atoms with Crippen LogP contribution in [-0.4, -0.2) is 21.8 Å². The van der Waals surface area contributed by atoms with Crippen LogP contribution in [0.25, 0.3) is 0 Å². The quantitative estimate of drug-likeness (QED) is 0.914. The Bertz CT molecular complexity index is 479. The van der Waals surface area contributed by atoms with Crippen molar-refractivity contribution in [1.82, 2.24) is 9.88 Å². The molecule has 0 aromatic carbocycles. The molecule has 114 valence electrons. The van der Waals surface area contributed by atoms with E-state index in [9.17, 15) is 4.79 Å². The van der Waals surface area contributed by atoms with Gasteiger partial charge in [-0.15, -0.1) is 0 Å². The second-order valence-electron chi connectivity index (χ2n) is 7.33. The number of nitrogens with one attached hydrogen (secondary N) is 1. The van der Waals surface area contributed by atoms with Crippen LogP contribution in [-0.2, 0) is 10.3 Å². The second-order valence-corrected chi connectivity index (χ2v) is 7.33. The van der Waals surface area contributed by atoms with Gasteiger partial charge in [0.2, 0.25) is 0 Å². The van der Waals surface area contributed by atoms with E-state index in [0.717, 1.165) is 5.69 Å². The zero-order valence-electron chi connectivity index (χ0n) is 14.0. The Balaban J connectivity index is 2.93. The number of amides is 1. The average molecular weight is 280 g/mol. The lowest BCUT2D eigenvalue weighted by atomic mass is 9.82. The Hall–Kier alpha value is -1.45. The molecule has 4 heteroatoms. The summed E-state index contributed by atoms with van der Waals surface area (Å²) in [6, 6.07) is 4.08. The molecule has 1 aromatic rings. The highest BCUT2D eigenvalue weighted by molar-refractivity contribution is 5.68. The topological polar surface area (TPSA) is 43.3 Å². The van der Waals surface area contributed by atoms with E-state index >= 15 is 0 Å². The first-order valence-electron chi connectivity index (χ1n) is 7.02. The number of aromatic nitrogens is 1. The summed E-state index contributed by atoms with van der Waals surface area (Å²) in [7, 11) is 0. The fraction of sp³-hybridized carbons (Fsp3) is 0.688. The number of rotatable bonds is 3. The van der Waals surface area contributed by atoms with Gasteiger partial charge in [0.25, 0.3) is 0 Å². The molecule has 1 rings (SSSR count). The van der Waals surface area contributed by atoms with Gasteiger partial charge in [-0.05, 0) is 67.5 Å². The molecule has 0 aliphatic heterocycles. The summed E-state index contributed by atoms with van der Waals surface area (Å²) in [6.07, 6.45) is 1.65. The molecule has 1 amide bonds. The Kier molecular flexibility index (Phi) is 4.28. The maximum atomic E-state index is 12.0. The van der Waals surface area contributed by atoms with Gasteiger partial charge in [-0.3, -0.25) is 0 Å². The van der Waals surface area contributed by atoms with E-state index in [0.29, 0.717) is 0 Å². The summed E-state index contributed by atoms with van der Waals surface area (Å²) >= 11 is 0. The van der Waals surface area contributed by atoms with Crippen LogP contribution in [0.15, 0.2) is 18.3 Å². The number of hydrogen-bond donors (Lipinski definition) is 1. The minimum atomic E-state index is -0.492. The summed E-state index contributed by atoms with van der Waals surface area (Å²) < 4.78 is 7.53. The number of alkyl carbamates (subject to hydrolysis) is 1. The van der Waals surface area contributed by atoms with E-state index in [1.165, 1.54) is 0 Å². The van der Waals surface area contributed by atoms with Crippen LogP contribution in [0.4, 0.5) is 4.79 Å². The smallest absolute Gasteiger partial charge is 0.408 e. The largest absolute Gasteiger partial charge is 0.444 e. The first kappa shape index (κ1) is 16.6. The Morgan fingerprint density at radius 3 is 2.10 bits per heavy atom. The van der Waals surface area contributed by atoms with Crippen molar-refractivity contribution in [3.8, 4) is 0 Å². The predicted octanol–water partition coefficient (Wildman–Crippen LogP) is 3.83. The fourth-order valence-corrected chi connectivity index (χ4v) is 2.11. The van der Waals surface area contributed by atoms with Crippen molar-refractivity contribution < 1.29 is 9.53 Å². The fourth-order valence-electron chi connectivity index (χ4n) is 2.11. The molecule has 4 nitrogen and oxygen atoms in total. The van der Waals surface area contributed by atoms with Gasteiger partial charge in [0.1, 0.15) is 5.60 Å². The average Bonchev–Trinajstić information content (AvgIpc) is 2.60. The summed E-state index contributed by atoms with van der Waals surface area (Å²) in [5.41, 5.74) is -0.0707. The van der Waals surface area contributed by atoms with Gasteiger partial charge in [0.05, 0.1) is 11.1 Å². The van der Waals surface area contributed by atoms with Crippen molar-refractivity contribution in [1.29, 1.82) is 0 Å². The Morgan fingerprint density at radius 2 is 1.70 bits per heavy atom. The van der Waals surface area contributed by atoms with E-state index in [2.05, 4.69) is 36.7 Å². The molecule has 1 N–H and O–H groups in total. The molecule has 0 radical (unpaired) electrons. The molecule has 0 unspecified atom stereocenters. The monoisotopic (exact) mass is 280 g/mol. The molecule has 0 saturated carbocycles. The minimum Gasteiger partial charge on any atom is -0.444 e. The van der Waals surface area contributed by atoms with Gasteiger partial charge in [-0.25, -0.2) is 4.79 Å². The maximum absolute atomic E-state index is 12.0. The molecule has 0 aliphatic carbocycles. The highest BCUT2D eigenvalue weighted by Gasteiger charge is 2.40. The lowest BCUT2D eigenvalue weighted by Gasteiger charge is -2.44. The zero-order chi connectivity index (χ0) is 15.8. The van der Waals surface area contributed by atoms with Crippen LogP contribution >= 0.6 is 0 Å². The van der Waals surface area contributed by atoms with Crippen LogP contribution in [0.2, 0.25) is 0 Å². The standard InChI is InChI=1S/C16H28N2O2/c1-12-10-9-11-18(12)16(7,8)15(5,6)17-13(19)20-14(2,3)4/h9-11H,1-8H3,(H,17,19). The first-order chi connectivity index (χ1) is 8.87. The number of carbonyl (C=O) groups is 1. The lowest BCUT2D eigenvalue weighted by Crippen LogP contribution is -2.59. The number of carbonyl (C=O) groups excluding carboxylic acids is 1. The molecule has 0 fully saturated rings. The third-order valence-corrected chi connectivity index (χ3v) is 3.90. The van der Waals surface area contributed by atoms with Gasteiger partial charge in [-0.1, -0.05) is 0 Å². The van der Waals surface area contributed by atoms with E-state index in [1.54, 1.807) is 0 Å². The number of ether oxygens (including phenoxy) is 1.